The molecule has 0 aliphatic rings. The Morgan fingerprint density at radius 3 is 1.67 bits per heavy atom. The van der Waals surface area contributed by atoms with E-state index in [0.717, 1.165) is 73.5 Å². The van der Waals surface area contributed by atoms with Gasteiger partial charge < -0.3 is 4.74 Å². The quantitative estimate of drug-likeness (QED) is 0.142. The zero-order chi connectivity index (χ0) is 51.5. The van der Waals surface area contributed by atoms with E-state index in [1.54, 1.807) is 24.3 Å². The van der Waals surface area contributed by atoms with Gasteiger partial charge in [-0.1, -0.05) is 141 Å². The van der Waals surface area contributed by atoms with Gasteiger partial charge in [-0.3, -0.25) is 9.55 Å². The van der Waals surface area contributed by atoms with Crippen LogP contribution in [-0.4, -0.2) is 14.5 Å². The molecule has 7 aromatic carbocycles. The first-order valence-corrected chi connectivity index (χ1v) is 23.8. The van der Waals surface area contributed by atoms with Gasteiger partial charge in [0, 0.05) is 17.3 Å². The van der Waals surface area contributed by atoms with Crippen LogP contribution in [0.2, 0.25) is 0 Å². The Morgan fingerprint density at radius 1 is 0.417 bits per heavy atom. The van der Waals surface area contributed by atoms with Gasteiger partial charge in [-0.05, 0) is 151 Å². The van der Waals surface area contributed by atoms with Crippen LogP contribution in [0, 0.1) is 0 Å². The van der Waals surface area contributed by atoms with Crippen LogP contribution < -0.4 is 4.74 Å². The third-order valence-corrected chi connectivity index (χ3v) is 12.9. The Balaban J connectivity index is 1.11. The lowest BCUT2D eigenvalue weighted by molar-refractivity contribution is -0.143. The lowest BCUT2D eigenvalue weighted by Crippen LogP contribution is -2.16. The largest absolute Gasteiger partial charge is 0.457 e. The van der Waals surface area contributed by atoms with Crippen LogP contribution in [0.15, 0.2) is 170 Å². The van der Waals surface area contributed by atoms with Crippen LogP contribution >= 0.6 is 0 Å². The molecule has 0 saturated carbocycles. The number of para-hydroxylation sites is 2. The average Bonchev–Trinajstić information content (AvgIpc) is 3.72. The fourth-order valence-corrected chi connectivity index (χ4v) is 9.19. The summed E-state index contributed by atoms with van der Waals surface area (Å²) in [6.45, 7) is 19.6. The number of imidazole rings is 1. The molecule has 2 aromatic heterocycles. The van der Waals surface area contributed by atoms with Crippen molar-refractivity contribution >= 4 is 11.0 Å². The first-order valence-electron chi connectivity index (χ1n) is 23.8. The summed E-state index contributed by atoms with van der Waals surface area (Å²) in [5.41, 5.74) is 8.96. The maximum Gasteiger partial charge on any atom is 0.416 e. The van der Waals surface area contributed by atoms with Crippen molar-refractivity contribution in [2.75, 3.05) is 0 Å². The summed E-state index contributed by atoms with van der Waals surface area (Å²) in [5.74, 6) is 1.96. The molecule has 9 aromatic rings. The normalized spacial score (nSPS) is 12.7. The minimum atomic E-state index is -4.95. The maximum absolute atomic E-state index is 13.7. The van der Waals surface area contributed by atoms with Crippen molar-refractivity contribution in [3.05, 3.63) is 198 Å². The Kier molecular flexibility index (Phi) is 12.6. The molecule has 0 aliphatic carbocycles. The number of halogens is 6. The lowest BCUT2D eigenvalue weighted by Gasteiger charge is -2.25. The molecule has 0 spiro atoms. The molecule has 0 fully saturated rings. The van der Waals surface area contributed by atoms with E-state index in [1.807, 2.05) is 72.9 Å². The van der Waals surface area contributed by atoms with Gasteiger partial charge in [0.05, 0.1) is 33.5 Å². The molecule has 72 heavy (non-hydrogen) atoms. The van der Waals surface area contributed by atoms with Crippen molar-refractivity contribution in [3.63, 3.8) is 0 Å². The van der Waals surface area contributed by atoms with Crippen molar-refractivity contribution in [3.8, 4) is 73.2 Å². The molecule has 0 N–H and O–H groups in total. The molecule has 9 rings (SSSR count). The van der Waals surface area contributed by atoms with E-state index in [0.29, 0.717) is 17.3 Å². The highest BCUT2D eigenvalue weighted by Crippen LogP contribution is 2.43. The number of ether oxygens (including phenoxy) is 1. The summed E-state index contributed by atoms with van der Waals surface area (Å²) in [4.78, 5) is 10.1. The van der Waals surface area contributed by atoms with Crippen molar-refractivity contribution in [1.29, 1.82) is 0 Å². The average molecular weight is 972 g/mol. The molecule has 0 unspecified atom stereocenters. The van der Waals surface area contributed by atoms with Gasteiger partial charge in [-0.15, -0.1) is 0 Å². The molecule has 4 nitrogen and oxygen atoms in total. The second-order valence-electron chi connectivity index (χ2n) is 21.5. The van der Waals surface area contributed by atoms with Crippen molar-refractivity contribution in [2.24, 2.45) is 0 Å². The number of aromatic nitrogens is 3. The van der Waals surface area contributed by atoms with Gasteiger partial charge in [0.15, 0.2) is 0 Å². The number of alkyl halides is 6. The summed E-state index contributed by atoms with van der Waals surface area (Å²) in [6, 6.07) is 49.2. The number of rotatable bonds is 8. The predicted molar refractivity (Wildman–Crippen MR) is 279 cm³/mol. The van der Waals surface area contributed by atoms with Crippen LogP contribution in [0.5, 0.6) is 11.5 Å². The standard InChI is InChI=1S/C62H55F6N3O/c1-58(2,3)45-27-28-69-54(37-45)44-29-43(50-17-10-11-18-51(50)59(4,5)6)33-49(34-44)72-48-16-14-15-41(32-48)57-70-53-19-12-13-20-56(53)71(57)55-26-25-40(35-52(55)60(7,8)9)38-21-23-39(24-22-38)42-30-46(61(63,64)65)36-47(31-42)62(66,67)68/h10-37H,1-9H3. The molecule has 0 saturated heterocycles. The first-order chi connectivity index (χ1) is 33.8. The second kappa shape index (κ2) is 18.3. The zero-order valence-corrected chi connectivity index (χ0v) is 41.7. The fraction of sp³-hybridized carbons (Fsp3) is 0.226. The van der Waals surface area contributed by atoms with E-state index in [9.17, 15) is 26.3 Å². The van der Waals surface area contributed by atoms with Crippen molar-refractivity contribution < 1.29 is 31.1 Å². The molecule has 366 valence electrons. The third kappa shape index (κ3) is 10.3. The molecular weight excluding hydrogens is 917 g/mol. The van der Waals surface area contributed by atoms with E-state index < -0.39 is 28.9 Å². The van der Waals surface area contributed by atoms with Crippen LogP contribution in [0.4, 0.5) is 26.3 Å². The number of nitrogens with zero attached hydrogens (tertiary/aromatic N) is 3. The monoisotopic (exact) mass is 971 g/mol. The predicted octanol–water partition coefficient (Wildman–Crippen LogP) is 18.5. The van der Waals surface area contributed by atoms with Crippen LogP contribution in [0.1, 0.15) is 90.1 Å². The second-order valence-corrected chi connectivity index (χ2v) is 21.5. The number of fused-ring (bicyclic) bond motifs is 1. The molecule has 2 heterocycles. The fourth-order valence-electron chi connectivity index (χ4n) is 9.19. The van der Waals surface area contributed by atoms with Gasteiger partial charge in [0.2, 0.25) is 0 Å². The summed E-state index contributed by atoms with van der Waals surface area (Å²) in [6.07, 6.45) is -8.04. The highest BCUT2D eigenvalue weighted by atomic mass is 19.4. The number of hydrogen-bond acceptors (Lipinski definition) is 3. The molecule has 0 bridgehead atoms. The number of hydrogen-bond donors (Lipinski definition) is 0. The number of pyridine rings is 1. The minimum Gasteiger partial charge on any atom is -0.457 e. The summed E-state index contributed by atoms with van der Waals surface area (Å²) in [7, 11) is 0. The number of benzene rings is 7. The van der Waals surface area contributed by atoms with E-state index in [1.165, 1.54) is 11.1 Å². The summed E-state index contributed by atoms with van der Waals surface area (Å²) < 4.78 is 91.4. The Bertz CT molecular complexity index is 3440. The highest BCUT2D eigenvalue weighted by molar-refractivity contribution is 5.85. The lowest BCUT2D eigenvalue weighted by atomic mass is 9.81. The van der Waals surface area contributed by atoms with E-state index >= 15 is 0 Å². The van der Waals surface area contributed by atoms with Gasteiger partial charge in [-0.25, -0.2) is 4.98 Å². The Morgan fingerprint density at radius 2 is 1.01 bits per heavy atom. The Hall–Kier alpha value is -7.46. The summed E-state index contributed by atoms with van der Waals surface area (Å²) >= 11 is 0. The van der Waals surface area contributed by atoms with Crippen LogP contribution in [-0.2, 0) is 28.6 Å². The van der Waals surface area contributed by atoms with Gasteiger partial charge in [0.1, 0.15) is 17.3 Å². The smallest absolute Gasteiger partial charge is 0.416 e. The Labute approximate surface area is 417 Å². The molecule has 0 amide bonds. The van der Waals surface area contributed by atoms with E-state index in [-0.39, 0.29) is 28.0 Å². The topological polar surface area (TPSA) is 39.9 Å². The molecule has 0 radical (unpaired) electrons. The van der Waals surface area contributed by atoms with Crippen molar-refractivity contribution in [1.82, 2.24) is 14.5 Å². The van der Waals surface area contributed by atoms with Crippen LogP contribution in [0.3, 0.4) is 0 Å². The zero-order valence-electron chi connectivity index (χ0n) is 41.7. The first kappa shape index (κ1) is 49.5. The molecule has 0 atom stereocenters. The third-order valence-electron chi connectivity index (χ3n) is 12.9. The van der Waals surface area contributed by atoms with Crippen LogP contribution in [0.25, 0.3) is 72.7 Å². The highest BCUT2D eigenvalue weighted by Gasteiger charge is 2.37. The van der Waals surface area contributed by atoms with Crippen molar-refractivity contribution in [2.45, 2.75) is 90.9 Å². The van der Waals surface area contributed by atoms with Gasteiger partial charge >= 0.3 is 12.4 Å². The maximum atomic E-state index is 13.7. The minimum absolute atomic E-state index is 0.0774. The van der Waals surface area contributed by atoms with E-state index in [2.05, 4.69) is 121 Å². The van der Waals surface area contributed by atoms with E-state index in [4.69, 9.17) is 14.7 Å². The van der Waals surface area contributed by atoms with Gasteiger partial charge in [-0.2, -0.15) is 26.3 Å². The molecule has 10 heteroatoms. The SMILES string of the molecule is CC(C)(C)c1ccnc(-c2cc(Oc3cccc(-c4nc5ccccc5n4-c4ccc(-c5ccc(-c6cc(C(F)(F)F)cc(C(F)(F)F)c6)cc5)cc4C(C)(C)C)c3)cc(-c3ccccc3C(C)(C)C)c2)c1. The van der Waals surface area contributed by atoms with Gasteiger partial charge in [0.25, 0.3) is 0 Å². The molecule has 0 aliphatic heterocycles. The molecular formula is C62H55F6N3O. The summed E-state index contributed by atoms with van der Waals surface area (Å²) in [5, 5.41) is 0.